The normalized spacial score (nSPS) is 24.7. The zero-order chi connectivity index (χ0) is 25.0. The van der Waals surface area contributed by atoms with Crippen LogP contribution < -0.4 is 5.32 Å². The summed E-state index contributed by atoms with van der Waals surface area (Å²) < 4.78 is 46.9. The van der Waals surface area contributed by atoms with Crippen molar-refractivity contribution >= 4 is 21.6 Å². The highest BCUT2D eigenvalue weighted by Gasteiger charge is 2.43. The van der Waals surface area contributed by atoms with Gasteiger partial charge in [0.25, 0.3) is 0 Å². The number of sulfone groups is 1. The Morgan fingerprint density at radius 2 is 1.85 bits per heavy atom. The van der Waals surface area contributed by atoms with Crippen LogP contribution in [0.3, 0.4) is 0 Å². The Kier molecular flexibility index (Phi) is 8.81. The van der Waals surface area contributed by atoms with Gasteiger partial charge in [-0.25, -0.2) is 8.42 Å². The van der Waals surface area contributed by atoms with Gasteiger partial charge in [-0.3, -0.25) is 10.1 Å². The van der Waals surface area contributed by atoms with Crippen molar-refractivity contribution in [3.8, 4) is 0 Å². The molecule has 1 aliphatic heterocycles. The molecule has 1 aromatic heterocycles. The summed E-state index contributed by atoms with van der Waals surface area (Å²) in [5.74, 6) is -0.496. The Morgan fingerprint density at radius 1 is 1.15 bits per heavy atom. The number of nitrogens with one attached hydrogen (secondary N) is 1. The molecule has 1 atom stereocenters. The molecule has 0 radical (unpaired) electrons. The van der Waals surface area contributed by atoms with E-state index in [-0.39, 0.29) is 29.9 Å². The standard InChI is InChI=1S/C24H40N2O7S/c1-23(2,16-32-21-8-6-7-13-31-21)19-14-20(33-26-19)25-22(27)24(3,4)34(28,29)15-17-9-11-18(30-5)12-10-17/h14,17-18,21H,6-13,15-16H2,1-5H3,(H,25,27). The molecule has 1 saturated heterocycles. The molecule has 1 saturated carbocycles. The summed E-state index contributed by atoms with van der Waals surface area (Å²) in [5, 5.41) is 6.69. The molecule has 2 aliphatic rings. The fourth-order valence-electron chi connectivity index (χ4n) is 4.33. The third kappa shape index (κ3) is 6.59. The molecule has 2 fully saturated rings. The highest BCUT2D eigenvalue weighted by atomic mass is 32.2. The summed E-state index contributed by atoms with van der Waals surface area (Å²) >= 11 is 0. The third-order valence-corrected chi connectivity index (χ3v) is 9.77. The van der Waals surface area contributed by atoms with Crippen molar-refractivity contribution in [3.63, 3.8) is 0 Å². The van der Waals surface area contributed by atoms with Gasteiger partial charge in [-0.2, -0.15) is 0 Å². The molecule has 34 heavy (non-hydrogen) atoms. The smallest absolute Gasteiger partial charge is 0.247 e. The minimum Gasteiger partial charge on any atom is -0.381 e. The van der Waals surface area contributed by atoms with E-state index >= 15 is 0 Å². The monoisotopic (exact) mass is 500 g/mol. The fourth-order valence-corrected chi connectivity index (χ4v) is 6.03. The first kappa shape index (κ1) is 27.1. The lowest BCUT2D eigenvalue weighted by molar-refractivity contribution is -0.170. The van der Waals surface area contributed by atoms with E-state index in [1.165, 1.54) is 13.8 Å². The van der Waals surface area contributed by atoms with Crippen molar-refractivity contribution in [1.82, 2.24) is 5.16 Å². The van der Waals surface area contributed by atoms with Crippen LogP contribution in [0.5, 0.6) is 0 Å². The molecule has 1 N–H and O–H groups in total. The lowest BCUT2D eigenvalue weighted by Crippen LogP contribution is -2.47. The van der Waals surface area contributed by atoms with E-state index < -0.39 is 25.9 Å². The van der Waals surface area contributed by atoms with Crippen LogP contribution in [0.15, 0.2) is 10.6 Å². The number of amides is 1. The van der Waals surface area contributed by atoms with Crippen LogP contribution in [0.25, 0.3) is 0 Å². The van der Waals surface area contributed by atoms with E-state index in [1.54, 1.807) is 13.2 Å². The molecule has 1 unspecified atom stereocenters. The first-order valence-electron chi connectivity index (χ1n) is 12.2. The quantitative estimate of drug-likeness (QED) is 0.515. The maximum atomic E-state index is 13.1. The highest BCUT2D eigenvalue weighted by Crippen LogP contribution is 2.31. The van der Waals surface area contributed by atoms with Gasteiger partial charge >= 0.3 is 0 Å². The molecule has 194 valence electrons. The van der Waals surface area contributed by atoms with Gasteiger partial charge in [0.05, 0.1) is 24.2 Å². The zero-order valence-corrected chi connectivity index (χ0v) is 21.9. The first-order valence-corrected chi connectivity index (χ1v) is 13.9. The SMILES string of the molecule is COC1CCC(CS(=O)(=O)C(C)(C)C(=O)Nc2cc(C(C)(C)COC3CCCCO3)no2)CC1. The number of anilines is 1. The Hall–Kier alpha value is -1.49. The van der Waals surface area contributed by atoms with Crippen molar-refractivity contribution in [2.75, 3.05) is 31.4 Å². The predicted molar refractivity (Wildman–Crippen MR) is 128 cm³/mol. The topological polar surface area (TPSA) is 117 Å². The summed E-state index contributed by atoms with van der Waals surface area (Å²) in [5.41, 5.74) is 0.129. The fraction of sp³-hybridized carbons (Fsp3) is 0.833. The number of nitrogens with zero attached hydrogens (tertiary/aromatic N) is 1. The van der Waals surface area contributed by atoms with E-state index in [0.717, 1.165) is 44.9 Å². The van der Waals surface area contributed by atoms with E-state index in [1.807, 2.05) is 13.8 Å². The van der Waals surface area contributed by atoms with Crippen LogP contribution in [0, 0.1) is 5.92 Å². The number of carbonyl (C=O) groups excluding carboxylic acids is 1. The van der Waals surface area contributed by atoms with Crippen LogP contribution in [0.4, 0.5) is 5.88 Å². The number of ether oxygens (including phenoxy) is 3. The summed E-state index contributed by atoms with van der Waals surface area (Å²) in [6.45, 7) is 7.90. The highest BCUT2D eigenvalue weighted by molar-refractivity contribution is 7.93. The van der Waals surface area contributed by atoms with E-state index in [2.05, 4.69) is 10.5 Å². The van der Waals surface area contributed by atoms with E-state index in [0.29, 0.717) is 18.9 Å². The number of hydrogen-bond donors (Lipinski definition) is 1. The van der Waals surface area contributed by atoms with Crippen molar-refractivity contribution in [2.24, 2.45) is 5.92 Å². The molecule has 9 nitrogen and oxygen atoms in total. The summed E-state index contributed by atoms with van der Waals surface area (Å²) in [7, 11) is -2.01. The lowest BCUT2D eigenvalue weighted by Gasteiger charge is -2.30. The molecule has 10 heteroatoms. The van der Waals surface area contributed by atoms with Crippen molar-refractivity contribution in [1.29, 1.82) is 0 Å². The van der Waals surface area contributed by atoms with Gasteiger partial charge in [0, 0.05) is 25.2 Å². The number of rotatable bonds is 10. The number of methoxy groups -OCH3 is 1. The van der Waals surface area contributed by atoms with Crippen molar-refractivity contribution in [2.45, 2.75) is 95.2 Å². The molecule has 1 aromatic rings. The second-order valence-corrected chi connectivity index (χ2v) is 13.3. The minimum atomic E-state index is -3.69. The number of hydrogen-bond acceptors (Lipinski definition) is 8. The zero-order valence-electron chi connectivity index (χ0n) is 21.1. The van der Waals surface area contributed by atoms with Gasteiger partial charge in [-0.1, -0.05) is 19.0 Å². The number of carbonyl (C=O) groups is 1. The maximum absolute atomic E-state index is 13.1. The van der Waals surface area contributed by atoms with Gasteiger partial charge in [0.15, 0.2) is 16.1 Å². The van der Waals surface area contributed by atoms with Gasteiger partial charge in [0.1, 0.15) is 4.75 Å². The van der Waals surface area contributed by atoms with E-state index in [9.17, 15) is 13.2 Å². The predicted octanol–water partition coefficient (Wildman–Crippen LogP) is 3.83. The van der Waals surface area contributed by atoms with E-state index in [4.69, 9.17) is 18.7 Å². The molecule has 2 heterocycles. The molecule has 0 spiro atoms. The maximum Gasteiger partial charge on any atom is 0.247 e. The van der Waals surface area contributed by atoms with Crippen molar-refractivity contribution < 1.29 is 31.9 Å². The van der Waals surface area contributed by atoms with Crippen LogP contribution in [-0.4, -0.2) is 62.7 Å². The molecular weight excluding hydrogens is 460 g/mol. The Balaban J connectivity index is 1.57. The number of aromatic nitrogens is 1. The minimum absolute atomic E-state index is 0.0148. The summed E-state index contributed by atoms with van der Waals surface area (Å²) in [6, 6.07) is 1.62. The van der Waals surface area contributed by atoms with Crippen LogP contribution >= 0.6 is 0 Å². The first-order chi connectivity index (χ1) is 15.9. The molecule has 0 aromatic carbocycles. The Labute approximate surface area is 203 Å². The van der Waals surface area contributed by atoms with Gasteiger partial charge in [-0.15, -0.1) is 0 Å². The van der Waals surface area contributed by atoms with Crippen LogP contribution in [-0.2, 0) is 34.3 Å². The third-order valence-electron chi connectivity index (χ3n) is 7.11. The molecule has 0 bridgehead atoms. The lowest BCUT2D eigenvalue weighted by atomic mass is 9.89. The average Bonchev–Trinajstić information content (AvgIpc) is 3.28. The van der Waals surface area contributed by atoms with Gasteiger partial charge < -0.3 is 18.7 Å². The molecule has 1 aliphatic carbocycles. The Bertz CT molecular complexity index is 912. The molecular formula is C24H40N2O7S. The van der Waals surface area contributed by atoms with Gasteiger partial charge in [0.2, 0.25) is 11.8 Å². The second-order valence-electron chi connectivity index (χ2n) is 10.7. The molecule has 3 rings (SSSR count). The largest absolute Gasteiger partial charge is 0.381 e. The van der Waals surface area contributed by atoms with Crippen LogP contribution in [0.1, 0.15) is 78.3 Å². The summed E-state index contributed by atoms with van der Waals surface area (Å²) in [6.07, 6.45) is 6.24. The molecule has 1 amide bonds. The van der Waals surface area contributed by atoms with Gasteiger partial charge in [-0.05, 0) is 64.7 Å². The van der Waals surface area contributed by atoms with Crippen LogP contribution in [0.2, 0.25) is 0 Å². The Morgan fingerprint density at radius 3 is 2.47 bits per heavy atom. The second kappa shape index (κ2) is 11.1. The van der Waals surface area contributed by atoms with Crippen molar-refractivity contribution in [3.05, 3.63) is 11.8 Å². The summed E-state index contributed by atoms with van der Waals surface area (Å²) in [4.78, 5) is 13.0. The average molecular weight is 501 g/mol.